The number of ketones is 4. The fourth-order valence-electron chi connectivity index (χ4n) is 9.63. The molecule has 0 unspecified atom stereocenters. The number of amides is 4. The zero-order valence-corrected chi connectivity index (χ0v) is 41.3. The van der Waals surface area contributed by atoms with Gasteiger partial charge in [-0.3, -0.25) is 58.0 Å². The third-order valence-electron chi connectivity index (χ3n) is 13.5. The third kappa shape index (κ3) is 7.88. The Labute approximate surface area is 434 Å². The fraction of sp³-hybridized carbons (Fsp3) is 0.0667. The molecule has 0 atom stereocenters. The molecule has 8 aromatic rings. The Hall–Kier alpha value is -10.5. The van der Waals surface area contributed by atoms with E-state index >= 15 is 0 Å². The molecule has 4 aromatic carbocycles. The van der Waals surface area contributed by atoms with E-state index in [2.05, 4.69) is 0 Å². The number of anilines is 4. The lowest BCUT2D eigenvalue weighted by atomic mass is 10.1. The second kappa shape index (κ2) is 18.8. The van der Waals surface area contributed by atoms with Gasteiger partial charge in [0, 0.05) is 70.8 Å². The summed E-state index contributed by atoms with van der Waals surface area (Å²) in [5.74, 6) is -3.90. The minimum atomic E-state index is -0.496. The number of Topliss-reactive ketones (excluding diaryl/α,β-unsaturated/α-hetero) is 4. The topological polar surface area (TPSA) is 165 Å². The van der Waals surface area contributed by atoms with Gasteiger partial charge in [0.15, 0.2) is 49.6 Å². The number of hydrogen-bond acceptors (Lipinski definition) is 8. The number of aromatic nitrogens is 4. The molecule has 0 saturated carbocycles. The van der Waals surface area contributed by atoms with Crippen LogP contribution in [0.15, 0.2) is 218 Å². The van der Waals surface area contributed by atoms with Gasteiger partial charge in [0.05, 0.1) is 45.0 Å². The van der Waals surface area contributed by atoms with E-state index in [0.29, 0.717) is 45.0 Å². The third-order valence-corrected chi connectivity index (χ3v) is 13.5. The first-order chi connectivity index (χ1) is 36.7. The summed E-state index contributed by atoms with van der Waals surface area (Å²) in [6.07, 6.45) is 13.8. The van der Waals surface area contributed by atoms with Crippen molar-refractivity contribution in [1.29, 1.82) is 0 Å². The molecule has 12 rings (SSSR count). The molecular formula is C60H44N8O8+4. The van der Waals surface area contributed by atoms with Crippen LogP contribution in [0.1, 0.15) is 82.9 Å². The van der Waals surface area contributed by atoms with Crippen LogP contribution in [0.5, 0.6) is 0 Å². The number of pyridine rings is 4. The first-order valence-electron chi connectivity index (χ1n) is 24.0. The van der Waals surface area contributed by atoms with Crippen LogP contribution in [0.25, 0.3) is 0 Å². The van der Waals surface area contributed by atoms with E-state index in [9.17, 15) is 38.4 Å². The van der Waals surface area contributed by atoms with Crippen LogP contribution in [-0.4, -0.2) is 46.8 Å². The van der Waals surface area contributed by atoms with Crippen LogP contribution < -0.4 is 37.9 Å². The zero-order valence-electron chi connectivity index (χ0n) is 41.3. The van der Waals surface area contributed by atoms with Crippen molar-refractivity contribution >= 4 is 69.5 Å². The summed E-state index contributed by atoms with van der Waals surface area (Å²) in [6, 6.07) is 40.0. The summed E-state index contributed by atoms with van der Waals surface area (Å²) in [5, 5.41) is 0. The molecule has 76 heavy (non-hydrogen) atoms. The number of carbonyl (C=O) groups is 8. The Kier molecular flexibility index (Phi) is 11.9. The smallest absolute Gasteiger partial charge is 0.263 e. The van der Waals surface area contributed by atoms with E-state index in [1.165, 1.54) is 19.6 Å². The predicted octanol–water partition coefficient (Wildman–Crippen LogP) is 5.87. The minimum absolute atomic E-state index is 0.138. The SMILES string of the molecule is C[n+]1ccc(C(=O)N2/C(=C3\C(=O)c4ccccc4N3C(=O)c3cc[n+](C)cc3)C(=O)c3ccccc32)cc1.C[n+]1ccc(C(=O)N2/C(=C3\C(=O)c4ccccc4N3C(=O)c3cc[n+](C)cc3)C(=O)c3ccccc32)cc1. The second-order valence-corrected chi connectivity index (χ2v) is 18.4. The molecule has 4 amide bonds. The van der Waals surface area contributed by atoms with Crippen LogP contribution in [-0.2, 0) is 28.2 Å². The van der Waals surface area contributed by atoms with E-state index in [1.54, 1.807) is 213 Å². The predicted molar refractivity (Wildman–Crippen MR) is 275 cm³/mol. The molecule has 16 nitrogen and oxygen atoms in total. The lowest BCUT2D eigenvalue weighted by Crippen LogP contribution is -2.37. The van der Waals surface area contributed by atoms with E-state index < -0.39 is 46.8 Å². The Balaban J connectivity index is 0.000000162. The summed E-state index contributed by atoms with van der Waals surface area (Å²) >= 11 is 0. The summed E-state index contributed by atoms with van der Waals surface area (Å²) in [6.45, 7) is 0. The maximum Gasteiger partial charge on any atom is 0.263 e. The minimum Gasteiger partial charge on any atom is -0.287 e. The number of nitrogens with zero attached hydrogens (tertiary/aromatic N) is 8. The van der Waals surface area contributed by atoms with Gasteiger partial charge in [-0.2, -0.15) is 0 Å². The van der Waals surface area contributed by atoms with Crippen LogP contribution in [0, 0.1) is 0 Å². The van der Waals surface area contributed by atoms with Gasteiger partial charge in [0.2, 0.25) is 23.1 Å². The Morgan fingerprint density at radius 3 is 0.632 bits per heavy atom. The quantitative estimate of drug-likeness (QED) is 0.156. The molecule has 16 heteroatoms. The van der Waals surface area contributed by atoms with Crippen molar-refractivity contribution in [2.45, 2.75) is 0 Å². The van der Waals surface area contributed by atoms with Crippen molar-refractivity contribution in [1.82, 2.24) is 0 Å². The highest BCUT2D eigenvalue weighted by atomic mass is 16.2. The summed E-state index contributed by atoms with van der Waals surface area (Å²) in [4.78, 5) is 116. The number of fused-ring (bicyclic) bond motifs is 4. The van der Waals surface area contributed by atoms with E-state index in [-0.39, 0.29) is 45.0 Å². The molecule has 0 fully saturated rings. The Bertz CT molecular complexity index is 3410. The van der Waals surface area contributed by atoms with Gasteiger partial charge in [-0.15, -0.1) is 0 Å². The average Bonchev–Trinajstić information content (AvgIpc) is 4.11. The number of benzene rings is 4. The molecule has 0 spiro atoms. The van der Waals surface area contributed by atoms with Gasteiger partial charge >= 0.3 is 0 Å². The number of carbonyl (C=O) groups excluding carboxylic acids is 8. The molecule has 368 valence electrons. The lowest BCUT2D eigenvalue weighted by Gasteiger charge is -2.24. The number of aryl methyl sites for hydroxylation is 4. The van der Waals surface area contributed by atoms with Gasteiger partial charge < -0.3 is 0 Å². The molecule has 0 radical (unpaired) electrons. The first-order valence-corrected chi connectivity index (χ1v) is 24.0. The van der Waals surface area contributed by atoms with E-state index in [1.807, 2.05) is 28.2 Å². The van der Waals surface area contributed by atoms with E-state index in [0.717, 1.165) is 0 Å². The molecule has 4 aliphatic rings. The van der Waals surface area contributed by atoms with Gasteiger partial charge in [-0.25, -0.2) is 18.3 Å². The summed E-state index contributed by atoms with van der Waals surface area (Å²) in [7, 11) is 7.32. The van der Waals surface area contributed by atoms with Gasteiger partial charge in [0.25, 0.3) is 23.6 Å². The Morgan fingerprint density at radius 1 is 0.276 bits per heavy atom. The zero-order chi connectivity index (χ0) is 53.1. The maximum absolute atomic E-state index is 13.9. The standard InChI is InChI=1S/2C30H22N4O4/c2*1-31-15-11-19(12-16-31)29(37)33-23-9-5-3-7-21(23)27(35)25(33)26-28(36)22-8-4-6-10-24(22)34(26)30(38)20-13-17-32(2)18-14-20/h2*3-18H,1-2H3/q2*+2/b2*26-25+. The molecule has 8 heterocycles. The average molecular weight is 1010 g/mol. The number of rotatable bonds is 4. The maximum atomic E-state index is 13.9. The molecule has 0 aliphatic carbocycles. The second-order valence-electron chi connectivity index (χ2n) is 18.4. The van der Waals surface area contributed by atoms with Crippen LogP contribution >= 0.6 is 0 Å². The molecule has 4 aromatic heterocycles. The lowest BCUT2D eigenvalue weighted by molar-refractivity contribution is -0.671. The normalized spacial score (nSPS) is 16.1. The number of para-hydroxylation sites is 4. The van der Waals surface area contributed by atoms with Gasteiger partial charge in [0.1, 0.15) is 51.0 Å². The van der Waals surface area contributed by atoms with Crippen molar-refractivity contribution in [3.8, 4) is 0 Å². The van der Waals surface area contributed by atoms with Crippen molar-refractivity contribution in [3.63, 3.8) is 0 Å². The van der Waals surface area contributed by atoms with Crippen molar-refractivity contribution in [3.05, 3.63) is 262 Å². The van der Waals surface area contributed by atoms with Gasteiger partial charge in [-0.05, 0) is 48.5 Å². The number of hydrogen-bond donors (Lipinski definition) is 0. The first kappa shape index (κ1) is 47.8. The van der Waals surface area contributed by atoms with Crippen molar-refractivity contribution in [2.75, 3.05) is 19.6 Å². The van der Waals surface area contributed by atoms with Crippen LogP contribution in [0.3, 0.4) is 0 Å². The summed E-state index contributed by atoms with van der Waals surface area (Å²) in [5.41, 5.74) is 3.38. The highest BCUT2D eigenvalue weighted by Crippen LogP contribution is 2.45. The van der Waals surface area contributed by atoms with E-state index in [4.69, 9.17) is 0 Å². The molecule has 0 bridgehead atoms. The molecular weight excluding hydrogens is 961 g/mol. The number of allylic oxidation sites excluding steroid dienone is 4. The van der Waals surface area contributed by atoms with Gasteiger partial charge in [-0.1, -0.05) is 48.5 Å². The van der Waals surface area contributed by atoms with Crippen LogP contribution in [0.4, 0.5) is 22.7 Å². The highest BCUT2D eigenvalue weighted by Gasteiger charge is 2.49. The Morgan fingerprint density at radius 2 is 0.447 bits per heavy atom. The largest absolute Gasteiger partial charge is 0.287 e. The van der Waals surface area contributed by atoms with Crippen LogP contribution in [0.2, 0.25) is 0 Å². The fourth-order valence-corrected chi connectivity index (χ4v) is 9.63. The molecule has 0 saturated heterocycles. The molecule has 4 aliphatic heterocycles. The monoisotopic (exact) mass is 1000 g/mol. The highest BCUT2D eigenvalue weighted by molar-refractivity contribution is 6.37. The van der Waals surface area contributed by atoms with Crippen molar-refractivity contribution < 1.29 is 56.6 Å². The summed E-state index contributed by atoms with van der Waals surface area (Å²) < 4.78 is 7.15. The molecule has 0 N–H and O–H groups in total. The van der Waals surface area contributed by atoms with Crippen molar-refractivity contribution in [2.24, 2.45) is 28.2 Å².